The van der Waals surface area contributed by atoms with Gasteiger partial charge in [0.2, 0.25) is 5.54 Å². The predicted octanol–water partition coefficient (Wildman–Crippen LogP) is 10.3. The summed E-state index contributed by atoms with van der Waals surface area (Å²) < 4.78 is 0. The molecule has 1 aromatic carbocycles. The van der Waals surface area contributed by atoms with E-state index in [9.17, 15) is 29.4 Å². The minimum atomic E-state index is -2.21. The fourth-order valence-corrected chi connectivity index (χ4v) is 7.77. The summed E-state index contributed by atoms with van der Waals surface area (Å²) >= 11 is 0. The minimum absolute atomic E-state index is 0.0269. The number of carbonyl (C=O) groups is 4. The Morgan fingerprint density at radius 2 is 0.964 bits per heavy atom. The highest BCUT2D eigenvalue weighted by Crippen LogP contribution is 2.36. The highest BCUT2D eigenvalue weighted by atomic mass is 16.4. The molecule has 1 heterocycles. The lowest BCUT2D eigenvalue weighted by Gasteiger charge is -2.36. The zero-order valence-electron chi connectivity index (χ0n) is 34.9. The molecule has 1 saturated heterocycles. The molecule has 1 aliphatic heterocycles. The van der Waals surface area contributed by atoms with Crippen molar-refractivity contribution in [1.29, 1.82) is 0 Å². The summed E-state index contributed by atoms with van der Waals surface area (Å²) in [6, 6.07) is 8.54. The van der Waals surface area contributed by atoms with E-state index in [1.807, 2.05) is 30.3 Å². The number of carboxylic acids is 2. The van der Waals surface area contributed by atoms with E-state index in [2.05, 4.69) is 19.2 Å². The lowest BCUT2D eigenvalue weighted by atomic mass is 9.72. The van der Waals surface area contributed by atoms with Crippen LogP contribution in [0.2, 0.25) is 0 Å². The van der Waals surface area contributed by atoms with E-state index in [4.69, 9.17) is 10.8 Å². The zero-order chi connectivity index (χ0) is 40.6. The van der Waals surface area contributed by atoms with Crippen molar-refractivity contribution in [2.75, 3.05) is 6.54 Å². The number of ketones is 2. The van der Waals surface area contributed by atoms with Crippen LogP contribution in [-0.4, -0.2) is 62.6 Å². The number of rotatable bonds is 34. The number of Topliss-reactive ketones (excluding diaryl/α,β-unsaturated/α-hetero) is 2. The molecule has 0 radical (unpaired) electrons. The Labute approximate surface area is 334 Å². The quantitative estimate of drug-likeness (QED) is 0.0338. The summed E-state index contributed by atoms with van der Waals surface area (Å²) in [7, 11) is 0. The van der Waals surface area contributed by atoms with Gasteiger partial charge in [0, 0.05) is 12.8 Å². The molecule has 316 valence electrons. The molecule has 1 aliphatic rings. The number of hydrogen-bond donors (Lipinski definition) is 5. The Morgan fingerprint density at radius 1 is 0.600 bits per heavy atom. The number of carbonyl (C=O) groups excluding carboxylic acids is 2. The van der Waals surface area contributed by atoms with Gasteiger partial charge >= 0.3 is 11.9 Å². The molecule has 2 rings (SSSR count). The Balaban J connectivity index is 0.00000106. The van der Waals surface area contributed by atoms with Gasteiger partial charge in [-0.05, 0) is 37.8 Å². The summed E-state index contributed by atoms with van der Waals surface area (Å²) in [5.74, 6) is -3.44. The van der Waals surface area contributed by atoms with E-state index in [1.54, 1.807) is 0 Å². The fourth-order valence-electron chi connectivity index (χ4n) is 7.77. The first kappa shape index (κ1) is 50.4. The van der Waals surface area contributed by atoms with Crippen LogP contribution in [0, 0.1) is 0 Å². The second kappa shape index (κ2) is 31.5. The van der Waals surface area contributed by atoms with Crippen molar-refractivity contribution in [3.8, 4) is 0 Å². The second-order valence-corrected chi connectivity index (χ2v) is 16.1. The molecule has 0 aromatic heterocycles. The maximum atomic E-state index is 13.3. The third kappa shape index (κ3) is 20.4. The van der Waals surface area contributed by atoms with Gasteiger partial charge in [0.1, 0.15) is 6.04 Å². The predicted molar refractivity (Wildman–Crippen MR) is 224 cm³/mol. The Kier molecular flexibility index (Phi) is 28.8. The molecule has 6 N–H and O–H groups in total. The molecule has 1 fully saturated rings. The fraction of sp³-hybridized carbons (Fsp3) is 0.783. The standard InChI is InChI=1S/C37H69NO5.C9H11NO2/c1-3-5-7-9-11-13-15-17-19-21-23-25-27-29-33(39)36(43)31-32-38-37(36,35(41)42)34(40)30-28-26-24-22-20-18-16-14-12-10-8-6-4-2;10-8(9(11)12)6-7-4-2-1-3-5-7/h38,43H,3-32H2,1-2H3,(H,41,42);1-5,8H,6,10H2,(H,11,12)/t36?,37-;8-/m10/s1. The van der Waals surface area contributed by atoms with Gasteiger partial charge in [-0.2, -0.15) is 0 Å². The molecular weight excluding hydrogens is 693 g/mol. The third-order valence-corrected chi connectivity index (χ3v) is 11.3. The monoisotopic (exact) mass is 773 g/mol. The lowest BCUT2D eigenvalue weighted by molar-refractivity contribution is -0.168. The highest BCUT2D eigenvalue weighted by Gasteiger charge is 2.66. The van der Waals surface area contributed by atoms with E-state index in [0.29, 0.717) is 19.3 Å². The van der Waals surface area contributed by atoms with E-state index in [-0.39, 0.29) is 25.8 Å². The van der Waals surface area contributed by atoms with Gasteiger partial charge in [-0.25, -0.2) is 4.79 Å². The minimum Gasteiger partial charge on any atom is -0.480 e. The summed E-state index contributed by atoms with van der Waals surface area (Å²) in [4.78, 5) is 49.2. The van der Waals surface area contributed by atoms with Crippen molar-refractivity contribution in [2.24, 2.45) is 5.73 Å². The first-order chi connectivity index (χ1) is 26.6. The zero-order valence-corrected chi connectivity index (χ0v) is 34.9. The van der Waals surface area contributed by atoms with Gasteiger partial charge in [-0.15, -0.1) is 0 Å². The van der Waals surface area contributed by atoms with Gasteiger partial charge in [-0.1, -0.05) is 198 Å². The number of nitrogens with two attached hydrogens (primary N) is 1. The van der Waals surface area contributed by atoms with Crippen LogP contribution in [0.15, 0.2) is 30.3 Å². The van der Waals surface area contributed by atoms with E-state index in [1.165, 1.54) is 116 Å². The normalized spacial score (nSPS) is 18.4. The maximum absolute atomic E-state index is 13.3. The topological polar surface area (TPSA) is 167 Å². The van der Waals surface area contributed by atoms with Crippen LogP contribution < -0.4 is 11.1 Å². The number of hydrogen-bond acceptors (Lipinski definition) is 7. The first-order valence-electron chi connectivity index (χ1n) is 22.4. The summed E-state index contributed by atoms with van der Waals surface area (Å²) in [6.45, 7) is 4.64. The molecule has 9 nitrogen and oxygen atoms in total. The second-order valence-electron chi connectivity index (χ2n) is 16.1. The number of aliphatic carboxylic acids is 2. The maximum Gasteiger partial charge on any atom is 0.335 e. The van der Waals surface area contributed by atoms with Crippen molar-refractivity contribution < 1.29 is 34.5 Å². The molecule has 1 aromatic rings. The number of nitrogens with one attached hydrogen (secondary N) is 1. The van der Waals surface area contributed by atoms with Gasteiger partial charge in [0.25, 0.3) is 0 Å². The van der Waals surface area contributed by atoms with Gasteiger partial charge in [0.05, 0.1) is 0 Å². The molecule has 55 heavy (non-hydrogen) atoms. The first-order valence-corrected chi connectivity index (χ1v) is 22.4. The molecule has 3 atom stereocenters. The van der Waals surface area contributed by atoms with E-state index in [0.717, 1.165) is 44.1 Å². The smallest absolute Gasteiger partial charge is 0.335 e. The molecule has 0 spiro atoms. The molecule has 0 amide bonds. The van der Waals surface area contributed by atoms with Crippen molar-refractivity contribution in [2.45, 2.75) is 224 Å². The van der Waals surface area contributed by atoms with Gasteiger partial charge in [-0.3, -0.25) is 19.7 Å². The summed E-state index contributed by atoms with van der Waals surface area (Å²) in [5.41, 5.74) is 1.93. The van der Waals surface area contributed by atoms with E-state index < -0.39 is 40.7 Å². The largest absolute Gasteiger partial charge is 0.480 e. The van der Waals surface area contributed by atoms with Crippen molar-refractivity contribution in [3.05, 3.63) is 35.9 Å². The number of benzene rings is 1. The lowest BCUT2D eigenvalue weighted by Crippen LogP contribution is -2.69. The average molecular weight is 773 g/mol. The van der Waals surface area contributed by atoms with Crippen LogP contribution in [-0.2, 0) is 25.6 Å². The average Bonchev–Trinajstić information content (AvgIpc) is 3.55. The third-order valence-electron chi connectivity index (χ3n) is 11.3. The molecule has 0 aliphatic carbocycles. The van der Waals surface area contributed by atoms with Crippen molar-refractivity contribution in [3.63, 3.8) is 0 Å². The number of unbranched alkanes of at least 4 members (excludes halogenated alkanes) is 24. The SMILES string of the molecule is CCCCCCCCCCCCCCCC(=O)C1(O)CCN[C@@]1(C(=O)O)C(=O)CCCCCCCCCCCCCCC.N[C@@H](Cc1ccccc1)C(=O)O. The van der Waals surface area contributed by atoms with Crippen molar-refractivity contribution >= 4 is 23.5 Å². The van der Waals surface area contributed by atoms with Crippen LogP contribution in [0.25, 0.3) is 0 Å². The van der Waals surface area contributed by atoms with Crippen LogP contribution >= 0.6 is 0 Å². The molecular formula is C46H80N2O7. The number of carboxylic acid groups (broad SMARTS) is 2. The molecule has 0 saturated carbocycles. The Morgan fingerprint density at radius 3 is 1.33 bits per heavy atom. The van der Waals surface area contributed by atoms with Crippen LogP contribution in [0.1, 0.15) is 206 Å². The van der Waals surface area contributed by atoms with Crippen molar-refractivity contribution in [1.82, 2.24) is 5.32 Å². The summed E-state index contributed by atoms with van der Waals surface area (Å²) in [6.07, 6.45) is 31.5. The van der Waals surface area contributed by atoms with Gasteiger partial charge in [0.15, 0.2) is 17.2 Å². The number of aliphatic hydroxyl groups is 1. The molecule has 9 heteroatoms. The highest BCUT2D eigenvalue weighted by molar-refractivity contribution is 6.15. The molecule has 1 unspecified atom stereocenters. The summed E-state index contributed by atoms with van der Waals surface area (Å²) in [5, 5.41) is 32.8. The Hall–Kier alpha value is -2.62. The molecule has 0 bridgehead atoms. The van der Waals surface area contributed by atoms with Crippen LogP contribution in [0.5, 0.6) is 0 Å². The van der Waals surface area contributed by atoms with Gasteiger partial charge < -0.3 is 21.1 Å². The van der Waals surface area contributed by atoms with Crippen LogP contribution in [0.4, 0.5) is 0 Å². The Bertz CT molecular complexity index is 1160. The van der Waals surface area contributed by atoms with Crippen LogP contribution in [0.3, 0.4) is 0 Å². The van der Waals surface area contributed by atoms with E-state index >= 15 is 0 Å².